The molecule has 0 unspecified atom stereocenters. The summed E-state index contributed by atoms with van der Waals surface area (Å²) < 4.78 is 36.6. The molecule has 10 heteroatoms. The number of aliphatic hydroxyl groups is 1. The molecule has 1 aromatic carbocycles. The highest BCUT2D eigenvalue weighted by Gasteiger charge is 2.32. The Hall–Kier alpha value is -2.69. The Morgan fingerprint density at radius 2 is 1.69 bits per heavy atom. The lowest BCUT2D eigenvalue weighted by Gasteiger charge is -2.35. The number of ether oxygens (including phenoxy) is 1. The van der Waals surface area contributed by atoms with Crippen LogP contribution < -0.4 is 5.32 Å². The van der Waals surface area contributed by atoms with E-state index >= 15 is 0 Å². The number of fused-ring (bicyclic) bond motifs is 1. The quantitative estimate of drug-likeness (QED) is 0.218. The molecule has 0 radical (unpaired) electrons. The van der Waals surface area contributed by atoms with Crippen molar-refractivity contribution in [3.63, 3.8) is 0 Å². The molecule has 0 amide bonds. The molecule has 246 valence electrons. The van der Waals surface area contributed by atoms with E-state index in [1.54, 1.807) is 6.20 Å². The Bertz CT molecular complexity index is 1400. The highest BCUT2D eigenvalue weighted by Crippen LogP contribution is 2.39. The number of benzene rings is 1. The van der Waals surface area contributed by atoms with Gasteiger partial charge in [-0.15, -0.1) is 0 Å². The van der Waals surface area contributed by atoms with Crippen LogP contribution in [0.25, 0.3) is 11.2 Å². The van der Waals surface area contributed by atoms with Crippen LogP contribution in [-0.2, 0) is 11.2 Å². The molecule has 3 aliphatic rings. The van der Waals surface area contributed by atoms with Crippen molar-refractivity contribution < 1.29 is 18.6 Å². The number of halogens is 2. The third-order valence-electron chi connectivity index (χ3n) is 10.5. The van der Waals surface area contributed by atoms with Gasteiger partial charge in [0.15, 0.2) is 5.65 Å². The lowest BCUT2D eigenvalue weighted by molar-refractivity contribution is -0.00588. The lowest BCUT2D eigenvalue weighted by atomic mass is 9.74. The summed E-state index contributed by atoms with van der Waals surface area (Å²) in [6, 6.07) is 3.69. The van der Waals surface area contributed by atoms with E-state index in [0.29, 0.717) is 29.2 Å². The van der Waals surface area contributed by atoms with E-state index in [2.05, 4.69) is 19.8 Å². The number of nitrogens with one attached hydrogen (secondary N) is 1. The topological polar surface area (TPSA) is 88.3 Å². The fraction of sp³-hybridized carbons (Fsp3) is 0.686. The molecule has 2 saturated carbocycles. The predicted octanol–water partition coefficient (Wildman–Crippen LogP) is 7.20. The smallest absolute Gasteiger partial charge is 0.210 e. The fourth-order valence-corrected chi connectivity index (χ4v) is 7.70. The van der Waals surface area contributed by atoms with Gasteiger partial charge in [0.25, 0.3) is 0 Å². The van der Waals surface area contributed by atoms with Gasteiger partial charge in [-0.1, -0.05) is 6.42 Å². The second-order valence-corrected chi connectivity index (χ2v) is 14.3. The van der Waals surface area contributed by atoms with E-state index in [1.807, 2.05) is 13.8 Å². The number of anilines is 2. The maximum Gasteiger partial charge on any atom is 0.210 e. The predicted molar refractivity (Wildman–Crippen MR) is 173 cm³/mol. The molecule has 1 saturated heterocycles. The molecule has 0 bridgehead atoms. The highest BCUT2D eigenvalue weighted by molar-refractivity contribution is 5.75. The first-order chi connectivity index (χ1) is 21.7. The number of hydrogen-bond donors (Lipinski definition) is 2. The van der Waals surface area contributed by atoms with Crippen molar-refractivity contribution in [1.29, 1.82) is 0 Å². The summed E-state index contributed by atoms with van der Waals surface area (Å²) in [4.78, 5) is 17.1. The normalized spacial score (nSPS) is 25.1. The van der Waals surface area contributed by atoms with Crippen LogP contribution in [0.4, 0.5) is 20.4 Å². The molecular formula is C35H50F2N6O2. The van der Waals surface area contributed by atoms with Crippen molar-refractivity contribution in [2.24, 2.45) is 17.8 Å². The van der Waals surface area contributed by atoms with Gasteiger partial charge < -0.3 is 20.1 Å². The summed E-state index contributed by atoms with van der Waals surface area (Å²) in [7, 11) is 0. The summed E-state index contributed by atoms with van der Waals surface area (Å²) in [6.45, 7) is 8.82. The largest absolute Gasteiger partial charge is 0.390 e. The molecule has 3 fully saturated rings. The highest BCUT2D eigenvalue weighted by atomic mass is 19.1. The molecule has 2 aromatic heterocycles. The van der Waals surface area contributed by atoms with Gasteiger partial charge in [-0.05, 0) is 121 Å². The Kier molecular flexibility index (Phi) is 10.3. The van der Waals surface area contributed by atoms with Crippen LogP contribution in [0.15, 0.2) is 24.4 Å². The molecule has 2 N–H and O–H groups in total. The van der Waals surface area contributed by atoms with Gasteiger partial charge in [0.1, 0.15) is 23.0 Å². The monoisotopic (exact) mass is 624 g/mol. The van der Waals surface area contributed by atoms with Gasteiger partial charge >= 0.3 is 0 Å². The van der Waals surface area contributed by atoms with Gasteiger partial charge in [0, 0.05) is 31.7 Å². The van der Waals surface area contributed by atoms with E-state index in [1.165, 1.54) is 44.5 Å². The SMILES string of the molecule is CC(C)(O)C1CCC(Cc2ncc3nc(Nc4ccc(F)cc4F)n(C4CCC(COCCN5CCCCC5)CC4)c3n2)CC1. The summed E-state index contributed by atoms with van der Waals surface area (Å²) in [5.41, 5.74) is 0.966. The molecule has 0 spiro atoms. The Labute approximate surface area is 266 Å². The van der Waals surface area contributed by atoms with E-state index in [0.717, 1.165) is 95.1 Å². The van der Waals surface area contributed by atoms with Gasteiger partial charge in [-0.25, -0.2) is 23.7 Å². The average molecular weight is 625 g/mol. The zero-order chi connectivity index (χ0) is 31.4. The number of rotatable bonds is 11. The third kappa shape index (κ3) is 8.19. The van der Waals surface area contributed by atoms with Crippen LogP contribution in [0.5, 0.6) is 0 Å². The van der Waals surface area contributed by atoms with E-state index in [4.69, 9.17) is 14.7 Å². The number of aromatic nitrogens is 4. The third-order valence-corrected chi connectivity index (χ3v) is 10.5. The number of likely N-dealkylation sites (tertiary alicyclic amines) is 1. The Morgan fingerprint density at radius 1 is 0.956 bits per heavy atom. The number of hydrogen-bond acceptors (Lipinski definition) is 7. The molecule has 1 aliphatic heterocycles. The van der Waals surface area contributed by atoms with Crippen LogP contribution in [0, 0.1) is 29.4 Å². The van der Waals surface area contributed by atoms with E-state index in [-0.39, 0.29) is 11.7 Å². The van der Waals surface area contributed by atoms with Crippen molar-refractivity contribution in [3.8, 4) is 0 Å². The van der Waals surface area contributed by atoms with Crippen molar-refractivity contribution in [1.82, 2.24) is 24.4 Å². The zero-order valence-corrected chi connectivity index (χ0v) is 27.0. The van der Waals surface area contributed by atoms with E-state index in [9.17, 15) is 13.9 Å². The van der Waals surface area contributed by atoms with Crippen LogP contribution in [0.1, 0.15) is 96.3 Å². The first-order valence-corrected chi connectivity index (χ1v) is 17.2. The van der Waals surface area contributed by atoms with Crippen LogP contribution in [-0.4, -0.2) is 68.0 Å². The van der Waals surface area contributed by atoms with Crippen molar-refractivity contribution in [2.45, 2.75) is 103 Å². The number of imidazole rings is 1. The van der Waals surface area contributed by atoms with Crippen LogP contribution >= 0.6 is 0 Å². The molecule has 6 rings (SSSR count). The fourth-order valence-electron chi connectivity index (χ4n) is 7.70. The van der Waals surface area contributed by atoms with Crippen molar-refractivity contribution >= 4 is 22.8 Å². The maximum absolute atomic E-state index is 14.7. The van der Waals surface area contributed by atoms with Gasteiger partial charge in [0.2, 0.25) is 5.95 Å². The minimum absolute atomic E-state index is 0.149. The lowest BCUT2D eigenvalue weighted by Crippen LogP contribution is -2.34. The molecule has 2 aliphatic carbocycles. The second-order valence-electron chi connectivity index (χ2n) is 14.3. The number of piperidine rings is 1. The average Bonchev–Trinajstić information content (AvgIpc) is 3.38. The van der Waals surface area contributed by atoms with Crippen LogP contribution in [0.2, 0.25) is 0 Å². The van der Waals surface area contributed by atoms with Crippen molar-refractivity contribution in [2.75, 3.05) is 38.2 Å². The standard InChI is InChI=1S/C35H50F2N6O2/c1-35(2,44)26-10-6-24(7-11-26)20-32-38-22-31-33(41-32)43(34(40-31)39-30-15-12-27(36)21-29(30)37)28-13-8-25(9-14-28)23-45-19-18-42-16-4-3-5-17-42/h12,15,21-22,24-26,28,44H,3-11,13-14,16-20,23H2,1-2H3,(H,39,40). The molecule has 0 atom stereocenters. The summed E-state index contributed by atoms with van der Waals surface area (Å²) in [5.74, 6) is 1.36. The van der Waals surface area contributed by atoms with Crippen LogP contribution in [0.3, 0.4) is 0 Å². The Balaban J connectivity index is 1.15. The van der Waals surface area contributed by atoms with E-state index < -0.39 is 17.2 Å². The minimum Gasteiger partial charge on any atom is -0.390 e. The zero-order valence-electron chi connectivity index (χ0n) is 27.0. The molecule has 3 aromatic rings. The summed E-state index contributed by atoms with van der Waals surface area (Å²) >= 11 is 0. The molecule has 8 nitrogen and oxygen atoms in total. The molecule has 3 heterocycles. The van der Waals surface area contributed by atoms with Crippen molar-refractivity contribution in [3.05, 3.63) is 41.9 Å². The maximum atomic E-state index is 14.7. The first kappa shape index (κ1) is 32.3. The minimum atomic E-state index is -0.660. The number of nitrogens with zero attached hydrogens (tertiary/aromatic N) is 5. The first-order valence-electron chi connectivity index (χ1n) is 17.2. The Morgan fingerprint density at radius 3 is 2.40 bits per heavy atom. The van der Waals surface area contributed by atoms with Gasteiger partial charge in [-0.3, -0.25) is 4.57 Å². The van der Waals surface area contributed by atoms with Gasteiger partial charge in [-0.2, -0.15) is 0 Å². The molecular weight excluding hydrogens is 574 g/mol. The van der Waals surface area contributed by atoms with Gasteiger partial charge in [0.05, 0.1) is 24.1 Å². The second kappa shape index (κ2) is 14.4. The molecule has 45 heavy (non-hydrogen) atoms. The summed E-state index contributed by atoms with van der Waals surface area (Å²) in [6.07, 6.45) is 14.6. The summed E-state index contributed by atoms with van der Waals surface area (Å²) in [5, 5.41) is 13.6.